The van der Waals surface area contributed by atoms with Gasteiger partial charge in [0.2, 0.25) is 0 Å². The first-order valence-corrected chi connectivity index (χ1v) is 8.15. The van der Waals surface area contributed by atoms with Crippen LogP contribution in [0.15, 0.2) is 41.0 Å². The molecule has 0 radical (unpaired) electrons. The van der Waals surface area contributed by atoms with E-state index in [0.717, 1.165) is 36.4 Å². The van der Waals surface area contributed by atoms with Crippen LogP contribution in [0.5, 0.6) is 0 Å². The van der Waals surface area contributed by atoms with Crippen LogP contribution in [0.25, 0.3) is 22.4 Å². The minimum atomic E-state index is 0.698. The summed E-state index contributed by atoms with van der Waals surface area (Å²) in [7, 11) is 0. The highest BCUT2D eigenvalue weighted by Gasteiger charge is 2.29. The van der Waals surface area contributed by atoms with E-state index < -0.39 is 0 Å². The van der Waals surface area contributed by atoms with Gasteiger partial charge in [-0.15, -0.1) is 0 Å². The van der Waals surface area contributed by atoms with Gasteiger partial charge < -0.3 is 8.98 Å². The summed E-state index contributed by atoms with van der Waals surface area (Å²) in [5.74, 6) is 2.15. The second-order valence-corrected chi connectivity index (χ2v) is 6.40. The lowest BCUT2D eigenvalue weighted by Crippen LogP contribution is -2.31. The van der Waals surface area contributed by atoms with Crippen LogP contribution in [0.3, 0.4) is 0 Å². The molecule has 0 saturated carbocycles. The minimum absolute atomic E-state index is 0.698. The van der Waals surface area contributed by atoms with Crippen molar-refractivity contribution in [2.24, 2.45) is 0 Å². The summed E-state index contributed by atoms with van der Waals surface area (Å²) < 4.78 is 7.95. The fourth-order valence-corrected chi connectivity index (χ4v) is 4.02. The molecule has 112 valence electrons. The SMILES string of the molecule is c1coc(-c2ccc3c(c2)nc2n3CC3CCCN3CC2)c1. The first-order chi connectivity index (χ1) is 10.9. The third kappa shape index (κ3) is 1.83. The molecule has 1 unspecified atom stereocenters. The summed E-state index contributed by atoms with van der Waals surface area (Å²) in [6.45, 7) is 3.50. The van der Waals surface area contributed by atoms with Gasteiger partial charge in [-0.1, -0.05) is 0 Å². The van der Waals surface area contributed by atoms with Crippen LogP contribution in [0.1, 0.15) is 18.7 Å². The van der Waals surface area contributed by atoms with Crippen LogP contribution >= 0.6 is 0 Å². The third-order valence-corrected chi connectivity index (χ3v) is 5.15. The zero-order valence-corrected chi connectivity index (χ0v) is 12.5. The van der Waals surface area contributed by atoms with Crippen LogP contribution in [0, 0.1) is 0 Å². The molecule has 0 spiro atoms. The highest BCUT2D eigenvalue weighted by Crippen LogP contribution is 2.29. The van der Waals surface area contributed by atoms with Crippen LogP contribution in [-0.4, -0.2) is 33.6 Å². The van der Waals surface area contributed by atoms with Crippen molar-refractivity contribution in [1.82, 2.24) is 14.5 Å². The molecule has 1 saturated heterocycles. The van der Waals surface area contributed by atoms with E-state index in [9.17, 15) is 0 Å². The molecule has 1 aromatic carbocycles. The Morgan fingerprint density at radius 1 is 1.18 bits per heavy atom. The summed E-state index contributed by atoms with van der Waals surface area (Å²) in [6.07, 6.45) is 5.44. The van der Waals surface area contributed by atoms with Gasteiger partial charge in [0.1, 0.15) is 11.6 Å². The Hall–Kier alpha value is -2.07. The summed E-state index contributed by atoms with van der Waals surface area (Å²) in [6, 6.07) is 11.1. The molecular formula is C18H19N3O. The summed E-state index contributed by atoms with van der Waals surface area (Å²) in [4.78, 5) is 7.54. The first kappa shape index (κ1) is 12.5. The van der Waals surface area contributed by atoms with Gasteiger partial charge in [0.15, 0.2) is 0 Å². The lowest BCUT2D eigenvalue weighted by atomic mass is 10.1. The second kappa shape index (κ2) is 4.71. The number of rotatable bonds is 1. The van der Waals surface area contributed by atoms with E-state index in [-0.39, 0.29) is 0 Å². The molecule has 2 aromatic heterocycles. The lowest BCUT2D eigenvalue weighted by molar-refractivity contribution is 0.252. The van der Waals surface area contributed by atoms with E-state index in [2.05, 4.69) is 27.7 Å². The number of hydrogen-bond acceptors (Lipinski definition) is 3. The Kier molecular flexibility index (Phi) is 2.67. The molecule has 2 aliphatic rings. The fraction of sp³-hybridized carbons (Fsp3) is 0.389. The molecule has 4 heterocycles. The molecule has 22 heavy (non-hydrogen) atoms. The van der Waals surface area contributed by atoms with Gasteiger partial charge in [0.25, 0.3) is 0 Å². The molecule has 0 aliphatic carbocycles. The van der Waals surface area contributed by atoms with Crippen LogP contribution in [0.2, 0.25) is 0 Å². The smallest absolute Gasteiger partial charge is 0.133 e. The molecule has 1 atom stereocenters. The molecule has 3 aromatic rings. The standard InChI is InChI=1S/C18H19N3O/c1-3-14-12-21-16-6-5-13(17-4-2-10-22-17)11-15(16)19-18(21)7-9-20(14)8-1/h2,4-6,10-11,14H,1,3,7-9,12H2. The molecule has 2 aliphatic heterocycles. The predicted octanol–water partition coefficient (Wildman–Crippen LogP) is 3.32. The van der Waals surface area contributed by atoms with Crippen molar-refractivity contribution in [1.29, 1.82) is 0 Å². The maximum atomic E-state index is 5.51. The van der Waals surface area contributed by atoms with Gasteiger partial charge in [-0.05, 0) is 49.7 Å². The Morgan fingerprint density at radius 2 is 2.18 bits per heavy atom. The molecule has 0 N–H and O–H groups in total. The summed E-state index contributed by atoms with van der Waals surface area (Å²) in [5, 5.41) is 0. The molecule has 5 rings (SSSR count). The van der Waals surface area contributed by atoms with E-state index in [0.29, 0.717) is 6.04 Å². The number of fused-ring (bicyclic) bond motifs is 4. The topological polar surface area (TPSA) is 34.2 Å². The van der Waals surface area contributed by atoms with E-state index in [1.54, 1.807) is 6.26 Å². The maximum absolute atomic E-state index is 5.51. The van der Waals surface area contributed by atoms with Crippen LogP contribution in [0.4, 0.5) is 0 Å². The highest BCUT2D eigenvalue weighted by molar-refractivity contribution is 5.81. The summed E-state index contributed by atoms with van der Waals surface area (Å²) >= 11 is 0. The van der Waals surface area contributed by atoms with Gasteiger partial charge in [-0.3, -0.25) is 4.90 Å². The summed E-state index contributed by atoms with van der Waals surface area (Å²) in [5.41, 5.74) is 3.46. The Bertz CT molecular complexity index is 818. The number of aromatic nitrogens is 2. The average Bonchev–Trinajstić information content (AvgIpc) is 3.25. The quantitative estimate of drug-likeness (QED) is 0.690. The van der Waals surface area contributed by atoms with E-state index in [1.165, 1.54) is 30.7 Å². The van der Waals surface area contributed by atoms with Gasteiger partial charge in [-0.2, -0.15) is 0 Å². The molecule has 1 fully saturated rings. The van der Waals surface area contributed by atoms with E-state index >= 15 is 0 Å². The van der Waals surface area contributed by atoms with Crippen molar-refractivity contribution in [3.05, 3.63) is 42.4 Å². The number of nitrogens with zero attached hydrogens (tertiary/aromatic N) is 3. The number of imidazole rings is 1. The zero-order valence-electron chi connectivity index (χ0n) is 12.5. The molecule has 0 bridgehead atoms. The highest BCUT2D eigenvalue weighted by atomic mass is 16.3. The normalized spacial score (nSPS) is 21.7. The van der Waals surface area contributed by atoms with Crippen molar-refractivity contribution < 1.29 is 4.42 Å². The molecule has 4 heteroatoms. The van der Waals surface area contributed by atoms with Gasteiger partial charge in [0.05, 0.1) is 17.3 Å². The van der Waals surface area contributed by atoms with Crippen LogP contribution in [-0.2, 0) is 13.0 Å². The lowest BCUT2D eigenvalue weighted by Gasteiger charge is -2.21. The Balaban J connectivity index is 1.60. The number of benzene rings is 1. The monoisotopic (exact) mass is 293 g/mol. The Labute approximate surface area is 129 Å². The zero-order chi connectivity index (χ0) is 14.5. The first-order valence-electron chi connectivity index (χ1n) is 8.15. The number of furan rings is 1. The van der Waals surface area contributed by atoms with Gasteiger partial charge >= 0.3 is 0 Å². The second-order valence-electron chi connectivity index (χ2n) is 6.40. The third-order valence-electron chi connectivity index (χ3n) is 5.15. The largest absolute Gasteiger partial charge is 0.464 e. The van der Waals surface area contributed by atoms with Crippen LogP contribution < -0.4 is 0 Å². The van der Waals surface area contributed by atoms with Crippen molar-refractivity contribution in [2.45, 2.75) is 31.8 Å². The van der Waals surface area contributed by atoms with Gasteiger partial charge in [-0.25, -0.2) is 4.98 Å². The predicted molar refractivity (Wildman–Crippen MR) is 85.7 cm³/mol. The molecular weight excluding hydrogens is 274 g/mol. The molecule has 4 nitrogen and oxygen atoms in total. The fourth-order valence-electron chi connectivity index (χ4n) is 4.02. The number of hydrogen-bond donors (Lipinski definition) is 0. The van der Waals surface area contributed by atoms with E-state index in [4.69, 9.17) is 9.40 Å². The van der Waals surface area contributed by atoms with Gasteiger partial charge in [0, 0.05) is 31.1 Å². The molecule has 0 amide bonds. The van der Waals surface area contributed by atoms with Crippen molar-refractivity contribution >= 4 is 11.0 Å². The van der Waals surface area contributed by atoms with Crippen molar-refractivity contribution in [3.8, 4) is 11.3 Å². The minimum Gasteiger partial charge on any atom is -0.464 e. The maximum Gasteiger partial charge on any atom is 0.133 e. The van der Waals surface area contributed by atoms with E-state index in [1.807, 2.05) is 12.1 Å². The van der Waals surface area contributed by atoms with Crippen molar-refractivity contribution in [3.63, 3.8) is 0 Å². The average molecular weight is 293 g/mol. The van der Waals surface area contributed by atoms with Crippen molar-refractivity contribution in [2.75, 3.05) is 13.1 Å². The Morgan fingerprint density at radius 3 is 3.09 bits per heavy atom.